The van der Waals surface area contributed by atoms with E-state index in [1.807, 2.05) is 39.8 Å². The highest BCUT2D eigenvalue weighted by Gasteiger charge is 2.16. The second-order valence-corrected chi connectivity index (χ2v) is 5.81. The average molecular weight is 321 g/mol. The third-order valence-corrected chi connectivity index (χ3v) is 4.34. The van der Waals surface area contributed by atoms with E-state index in [2.05, 4.69) is 0 Å². The predicted octanol–water partition coefficient (Wildman–Crippen LogP) is 3.83. The van der Waals surface area contributed by atoms with Crippen molar-refractivity contribution in [2.75, 3.05) is 6.61 Å². The fraction of sp³-hybridized carbons (Fsp3) is 0.250. The minimum absolute atomic E-state index is 0.233. The molecule has 2 aromatic rings. The molecule has 0 unspecified atom stereocenters. The lowest BCUT2D eigenvalue weighted by Gasteiger charge is -2.13. The number of benzene rings is 2. The third-order valence-electron chi connectivity index (χ3n) is 4.34. The molecule has 4 nitrogen and oxygen atoms in total. The number of hydrogen-bond donors (Lipinski definition) is 0. The van der Waals surface area contributed by atoms with Crippen molar-refractivity contribution in [1.29, 1.82) is 5.26 Å². The molecule has 122 valence electrons. The Hall–Kier alpha value is -2.93. The SMILES string of the molecule is Cc1cc(C(=O)COC(=O)c2cccc(C#N)c2)c(C)c(C)c1C. The molecule has 0 saturated carbocycles. The number of Topliss-reactive ketones (excluding diaryl/α,β-unsaturated/α-hetero) is 1. The quantitative estimate of drug-likeness (QED) is 0.634. The maximum atomic E-state index is 12.4. The van der Waals surface area contributed by atoms with Crippen molar-refractivity contribution in [2.45, 2.75) is 27.7 Å². The summed E-state index contributed by atoms with van der Waals surface area (Å²) in [5.41, 5.74) is 5.39. The van der Waals surface area contributed by atoms with Crippen LogP contribution in [0.2, 0.25) is 0 Å². The van der Waals surface area contributed by atoms with E-state index in [1.165, 1.54) is 6.07 Å². The molecule has 2 rings (SSSR count). The monoisotopic (exact) mass is 321 g/mol. The van der Waals surface area contributed by atoms with Gasteiger partial charge in [0, 0.05) is 5.56 Å². The Bertz CT molecular complexity index is 860. The van der Waals surface area contributed by atoms with Crippen molar-refractivity contribution in [3.05, 3.63) is 69.3 Å². The first kappa shape index (κ1) is 17.4. The lowest BCUT2D eigenvalue weighted by atomic mass is 9.93. The van der Waals surface area contributed by atoms with Gasteiger partial charge in [-0.25, -0.2) is 4.79 Å². The zero-order valence-electron chi connectivity index (χ0n) is 14.3. The molecule has 0 fully saturated rings. The second kappa shape index (κ2) is 7.10. The lowest BCUT2D eigenvalue weighted by molar-refractivity contribution is 0.0474. The largest absolute Gasteiger partial charge is 0.454 e. The van der Waals surface area contributed by atoms with Gasteiger partial charge < -0.3 is 4.74 Å². The Morgan fingerprint density at radius 1 is 1.04 bits per heavy atom. The van der Waals surface area contributed by atoms with Crippen LogP contribution in [0.1, 0.15) is 48.5 Å². The van der Waals surface area contributed by atoms with Gasteiger partial charge in [0.15, 0.2) is 6.61 Å². The molecule has 0 radical (unpaired) electrons. The summed E-state index contributed by atoms with van der Waals surface area (Å²) in [5.74, 6) is -0.845. The summed E-state index contributed by atoms with van der Waals surface area (Å²) in [6, 6.07) is 10.0. The number of carbonyl (C=O) groups excluding carboxylic acids is 2. The summed E-state index contributed by atoms with van der Waals surface area (Å²) in [6.07, 6.45) is 0. The molecule has 0 aliphatic carbocycles. The fourth-order valence-corrected chi connectivity index (χ4v) is 2.51. The van der Waals surface area contributed by atoms with Crippen molar-refractivity contribution < 1.29 is 14.3 Å². The molecular formula is C20H19NO3. The van der Waals surface area contributed by atoms with E-state index in [1.54, 1.807) is 18.2 Å². The molecule has 24 heavy (non-hydrogen) atoms. The van der Waals surface area contributed by atoms with E-state index in [0.29, 0.717) is 11.1 Å². The molecule has 0 amide bonds. The second-order valence-electron chi connectivity index (χ2n) is 5.81. The number of aryl methyl sites for hydroxylation is 1. The van der Waals surface area contributed by atoms with Gasteiger partial charge in [0.2, 0.25) is 5.78 Å². The van der Waals surface area contributed by atoms with Crippen molar-refractivity contribution in [1.82, 2.24) is 0 Å². The summed E-state index contributed by atoms with van der Waals surface area (Å²) < 4.78 is 5.11. The van der Waals surface area contributed by atoms with Crippen LogP contribution in [0.25, 0.3) is 0 Å². The smallest absolute Gasteiger partial charge is 0.338 e. The van der Waals surface area contributed by atoms with Gasteiger partial charge in [-0.15, -0.1) is 0 Å². The maximum Gasteiger partial charge on any atom is 0.338 e. The van der Waals surface area contributed by atoms with Gasteiger partial charge in [0.1, 0.15) is 0 Å². The maximum absolute atomic E-state index is 12.4. The van der Waals surface area contributed by atoms with Crippen LogP contribution >= 0.6 is 0 Å². The van der Waals surface area contributed by atoms with Gasteiger partial charge in [0.05, 0.1) is 17.2 Å². The number of nitrogens with zero attached hydrogens (tertiary/aromatic N) is 1. The van der Waals surface area contributed by atoms with Crippen LogP contribution in [0.4, 0.5) is 0 Å². The number of ether oxygens (including phenoxy) is 1. The molecule has 0 spiro atoms. The van der Waals surface area contributed by atoms with Crippen molar-refractivity contribution >= 4 is 11.8 Å². The Labute approximate surface area is 141 Å². The van der Waals surface area contributed by atoms with Crippen LogP contribution < -0.4 is 0 Å². The molecule has 0 N–H and O–H groups in total. The molecule has 0 aromatic heterocycles. The first-order valence-corrected chi connectivity index (χ1v) is 7.63. The Balaban J connectivity index is 2.14. The summed E-state index contributed by atoms with van der Waals surface area (Å²) in [7, 11) is 0. The van der Waals surface area contributed by atoms with Gasteiger partial charge in [-0.2, -0.15) is 5.26 Å². The first-order chi connectivity index (χ1) is 11.3. The number of hydrogen-bond acceptors (Lipinski definition) is 4. The summed E-state index contributed by atoms with van der Waals surface area (Å²) in [4.78, 5) is 24.4. The number of carbonyl (C=O) groups is 2. The van der Waals surface area contributed by atoms with Gasteiger partial charge >= 0.3 is 5.97 Å². The zero-order chi connectivity index (χ0) is 17.9. The highest BCUT2D eigenvalue weighted by molar-refractivity contribution is 6.01. The van der Waals surface area contributed by atoms with E-state index < -0.39 is 5.97 Å². The summed E-state index contributed by atoms with van der Waals surface area (Å²) in [5, 5.41) is 8.86. The number of nitriles is 1. The standard InChI is InChI=1S/C20H19NO3/c1-12-8-18(15(4)14(3)13(12)2)19(22)11-24-20(23)17-7-5-6-16(9-17)10-21/h5-9H,11H2,1-4H3. The van der Waals surface area contributed by atoms with E-state index in [4.69, 9.17) is 10.00 Å². The fourth-order valence-electron chi connectivity index (χ4n) is 2.51. The van der Waals surface area contributed by atoms with Crippen molar-refractivity contribution in [3.63, 3.8) is 0 Å². The van der Waals surface area contributed by atoms with E-state index in [9.17, 15) is 9.59 Å². The highest BCUT2D eigenvalue weighted by atomic mass is 16.5. The Morgan fingerprint density at radius 3 is 2.42 bits per heavy atom. The number of rotatable bonds is 4. The van der Waals surface area contributed by atoms with Gasteiger partial charge in [-0.3, -0.25) is 4.79 Å². The highest BCUT2D eigenvalue weighted by Crippen LogP contribution is 2.21. The normalized spacial score (nSPS) is 10.1. The molecule has 0 aliphatic rings. The van der Waals surface area contributed by atoms with E-state index >= 15 is 0 Å². The minimum atomic E-state index is -0.612. The first-order valence-electron chi connectivity index (χ1n) is 7.63. The van der Waals surface area contributed by atoms with Crippen LogP contribution in [-0.2, 0) is 4.74 Å². The minimum Gasteiger partial charge on any atom is -0.454 e. The molecular weight excluding hydrogens is 302 g/mol. The molecule has 0 atom stereocenters. The topological polar surface area (TPSA) is 67.2 Å². The molecule has 4 heteroatoms. The average Bonchev–Trinajstić information content (AvgIpc) is 2.60. The van der Waals surface area contributed by atoms with Crippen molar-refractivity contribution in [2.24, 2.45) is 0 Å². The molecule has 0 bridgehead atoms. The molecule has 0 saturated heterocycles. The van der Waals surface area contributed by atoms with Crippen LogP contribution in [0.15, 0.2) is 30.3 Å². The van der Waals surface area contributed by atoms with Crippen LogP contribution in [0.3, 0.4) is 0 Å². The van der Waals surface area contributed by atoms with Crippen LogP contribution in [-0.4, -0.2) is 18.4 Å². The van der Waals surface area contributed by atoms with Gasteiger partial charge in [0.25, 0.3) is 0 Å². The number of esters is 1. The Kier molecular flexibility index (Phi) is 5.15. The predicted molar refractivity (Wildman–Crippen MR) is 91.2 cm³/mol. The summed E-state index contributed by atoms with van der Waals surface area (Å²) in [6.45, 7) is 7.53. The lowest BCUT2D eigenvalue weighted by Crippen LogP contribution is -2.16. The summed E-state index contributed by atoms with van der Waals surface area (Å²) >= 11 is 0. The molecule has 0 heterocycles. The zero-order valence-corrected chi connectivity index (χ0v) is 14.3. The third kappa shape index (κ3) is 3.52. The molecule has 0 aliphatic heterocycles. The van der Waals surface area contributed by atoms with E-state index in [-0.39, 0.29) is 18.0 Å². The van der Waals surface area contributed by atoms with Gasteiger partial charge in [-0.1, -0.05) is 6.07 Å². The van der Waals surface area contributed by atoms with Crippen LogP contribution in [0, 0.1) is 39.0 Å². The molecule has 2 aromatic carbocycles. The van der Waals surface area contributed by atoms with Crippen LogP contribution in [0.5, 0.6) is 0 Å². The van der Waals surface area contributed by atoms with E-state index in [0.717, 1.165) is 22.3 Å². The number of ketones is 1. The van der Waals surface area contributed by atoms with Crippen molar-refractivity contribution in [3.8, 4) is 6.07 Å². The van der Waals surface area contributed by atoms with Gasteiger partial charge in [-0.05, 0) is 74.2 Å². The Morgan fingerprint density at radius 2 is 1.75 bits per heavy atom.